The number of aryl methyl sites for hydroxylation is 1. The maximum atomic E-state index is 13.4. The lowest BCUT2D eigenvalue weighted by atomic mass is 9.95. The topological polar surface area (TPSA) is 49.0 Å². The largest absolute Gasteiger partial charge is 0.322 e. The molecule has 1 aliphatic heterocycles. The molecule has 1 atom stereocenters. The molecule has 0 aliphatic carbocycles. The van der Waals surface area contributed by atoms with Crippen LogP contribution in [0, 0.1) is 6.92 Å². The Kier molecular flexibility index (Phi) is 4.64. The number of halogens is 1. The third-order valence-electron chi connectivity index (χ3n) is 5.60. The van der Waals surface area contributed by atoms with E-state index >= 15 is 0 Å². The molecule has 1 unspecified atom stereocenters. The van der Waals surface area contributed by atoms with Crippen molar-refractivity contribution in [3.05, 3.63) is 112 Å². The molecule has 2 heterocycles. The molecule has 0 bridgehead atoms. The Hall–Kier alpha value is -3.37. The summed E-state index contributed by atoms with van der Waals surface area (Å²) < 4.78 is 0. The first-order chi connectivity index (χ1) is 14.6. The number of H-pyrrole nitrogens is 1. The van der Waals surface area contributed by atoms with Gasteiger partial charge in [-0.1, -0.05) is 90.0 Å². The average Bonchev–Trinajstić information content (AvgIpc) is 3.30. The van der Waals surface area contributed by atoms with E-state index in [1.807, 2.05) is 47.4 Å². The lowest BCUT2D eigenvalue weighted by molar-refractivity contribution is 0.0730. The van der Waals surface area contributed by atoms with E-state index in [1.54, 1.807) is 0 Å². The van der Waals surface area contributed by atoms with Gasteiger partial charge in [0.2, 0.25) is 0 Å². The van der Waals surface area contributed by atoms with E-state index in [-0.39, 0.29) is 11.9 Å². The first-order valence-electron chi connectivity index (χ1n) is 9.88. The number of fused-ring (bicyclic) bond motifs is 1. The van der Waals surface area contributed by atoms with Crippen molar-refractivity contribution >= 4 is 17.5 Å². The molecular formula is C25H20ClN3O. The summed E-state index contributed by atoms with van der Waals surface area (Å²) in [5, 5.41) is 8.19. The average molecular weight is 414 g/mol. The number of nitrogens with one attached hydrogen (secondary N) is 1. The van der Waals surface area contributed by atoms with Gasteiger partial charge in [-0.15, -0.1) is 0 Å². The SMILES string of the molecule is Cc1ccc(-c2n[nH]c3c2C(c2ccccc2)N(Cc2ccccc2Cl)C3=O)cc1. The molecule has 3 aromatic carbocycles. The van der Waals surface area contributed by atoms with Crippen molar-refractivity contribution in [2.24, 2.45) is 0 Å². The zero-order valence-corrected chi connectivity index (χ0v) is 17.2. The Balaban J connectivity index is 1.65. The van der Waals surface area contributed by atoms with Crippen molar-refractivity contribution in [3.63, 3.8) is 0 Å². The van der Waals surface area contributed by atoms with Crippen molar-refractivity contribution in [1.29, 1.82) is 0 Å². The minimum atomic E-state index is -0.236. The maximum Gasteiger partial charge on any atom is 0.273 e. The molecule has 148 valence electrons. The van der Waals surface area contributed by atoms with E-state index in [4.69, 9.17) is 11.6 Å². The molecule has 30 heavy (non-hydrogen) atoms. The van der Waals surface area contributed by atoms with Crippen molar-refractivity contribution in [1.82, 2.24) is 15.1 Å². The van der Waals surface area contributed by atoms with Crippen LogP contribution in [-0.2, 0) is 6.54 Å². The Morgan fingerprint density at radius 1 is 0.967 bits per heavy atom. The summed E-state index contributed by atoms with van der Waals surface area (Å²) in [6.07, 6.45) is 0. The molecule has 1 amide bonds. The molecule has 5 heteroatoms. The zero-order valence-electron chi connectivity index (χ0n) is 16.5. The zero-order chi connectivity index (χ0) is 20.7. The molecule has 1 aliphatic rings. The van der Waals surface area contributed by atoms with Crippen LogP contribution in [0.3, 0.4) is 0 Å². The summed E-state index contributed by atoms with van der Waals surface area (Å²) in [6, 6.07) is 25.7. The number of aromatic amines is 1. The van der Waals surface area contributed by atoms with Crippen molar-refractivity contribution in [3.8, 4) is 11.3 Å². The second-order valence-corrected chi connectivity index (χ2v) is 7.97. The fraction of sp³-hybridized carbons (Fsp3) is 0.120. The molecule has 0 radical (unpaired) electrons. The van der Waals surface area contributed by atoms with Crippen LogP contribution in [0.2, 0.25) is 5.02 Å². The van der Waals surface area contributed by atoms with E-state index in [0.717, 1.165) is 27.9 Å². The van der Waals surface area contributed by atoms with Gasteiger partial charge < -0.3 is 4.90 Å². The third-order valence-corrected chi connectivity index (χ3v) is 5.97. The summed E-state index contributed by atoms with van der Waals surface area (Å²) >= 11 is 6.41. The predicted octanol–water partition coefficient (Wildman–Crippen LogP) is 5.78. The van der Waals surface area contributed by atoms with E-state index in [9.17, 15) is 4.79 Å². The van der Waals surface area contributed by atoms with Gasteiger partial charge in [-0.3, -0.25) is 9.89 Å². The minimum absolute atomic E-state index is 0.0652. The summed E-state index contributed by atoms with van der Waals surface area (Å²) in [5.74, 6) is -0.0652. The Bertz CT molecular complexity index is 1210. The lowest BCUT2D eigenvalue weighted by Gasteiger charge is -2.27. The standard InChI is InChI=1S/C25H20ClN3O/c1-16-11-13-17(14-12-16)22-21-23(28-27-22)25(30)29(15-19-9-5-6-10-20(19)26)24(21)18-7-3-2-4-8-18/h2-14,24H,15H2,1H3,(H,27,28). The molecule has 5 rings (SSSR count). The molecular weight excluding hydrogens is 394 g/mol. The second-order valence-electron chi connectivity index (χ2n) is 7.56. The molecule has 1 aromatic heterocycles. The fourth-order valence-electron chi connectivity index (χ4n) is 4.08. The van der Waals surface area contributed by atoms with Crippen LogP contribution in [0.4, 0.5) is 0 Å². The number of carbonyl (C=O) groups excluding carboxylic acids is 1. The van der Waals surface area contributed by atoms with Crippen LogP contribution >= 0.6 is 11.6 Å². The van der Waals surface area contributed by atoms with Gasteiger partial charge in [-0.2, -0.15) is 5.10 Å². The van der Waals surface area contributed by atoms with Gasteiger partial charge in [0.15, 0.2) is 0 Å². The molecule has 0 saturated carbocycles. The van der Waals surface area contributed by atoms with Crippen LogP contribution < -0.4 is 0 Å². The third kappa shape index (κ3) is 3.10. The molecule has 0 spiro atoms. The van der Waals surface area contributed by atoms with Crippen molar-refractivity contribution in [2.45, 2.75) is 19.5 Å². The van der Waals surface area contributed by atoms with E-state index in [0.29, 0.717) is 17.3 Å². The van der Waals surface area contributed by atoms with Crippen LogP contribution in [0.15, 0.2) is 78.9 Å². The van der Waals surface area contributed by atoms with E-state index in [2.05, 4.69) is 53.5 Å². The van der Waals surface area contributed by atoms with Gasteiger partial charge in [0.25, 0.3) is 5.91 Å². The number of amides is 1. The van der Waals surface area contributed by atoms with Crippen LogP contribution in [-0.4, -0.2) is 21.0 Å². The maximum absolute atomic E-state index is 13.4. The van der Waals surface area contributed by atoms with Gasteiger partial charge in [0.05, 0.1) is 11.7 Å². The number of benzene rings is 3. The van der Waals surface area contributed by atoms with E-state index < -0.39 is 0 Å². The number of rotatable bonds is 4. The number of hydrogen-bond donors (Lipinski definition) is 1. The van der Waals surface area contributed by atoms with Crippen LogP contribution in [0.1, 0.15) is 38.8 Å². The fourth-order valence-corrected chi connectivity index (χ4v) is 4.28. The van der Waals surface area contributed by atoms with Crippen molar-refractivity contribution in [2.75, 3.05) is 0 Å². The first kappa shape index (κ1) is 18.6. The lowest BCUT2D eigenvalue weighted by Crippen LogP contribution is -2.29. The van der Waals surface area contributed by atoms with Gasteiger partial charge >= 0.3 is 0 Å². The monoisotopic (exact) mass is 413 g/mol. The molecule has 1 N–H and O–H groups in total. The first-order valence-corrected chi connectivity index (χ1v) is 10.3. The Labute approximate surface area is 180 Å². The van der Waals surface area contributed by atoms with Crippen LogP contribution in [0.5, 0.6) is 0 Å². The van der Waals surface area contributed by atoms with Gasteiger partial charge in [0.1, 0.15) is 5.69 Å². The normalized spacial score (nSPS) is 15.5. The van der Waals surface area contributed by atoms with Gasteiger partial charge in [-0.05, 0) is 24.1 Å². The Morgan fingerprint density at radius 2 is 1.67 bits per heavy atom. The second kappa shape index (κ2) is 7.47. The summed E-state index contributed by atoms with van der Waals surface area (Å²) in [6.45, 7) is 2.48. The highest BCUT2D eigenvalue weighted by Gasteiger charge is 2.42. The summed E-state index contributed by atoms with van der Waals surface area (Å²) in [4.78, 5) is 15.3. The summed E-state index contributed by atoms with van der Waals surface area (Å²) in [5.41, 5.74) is 6.42. The highest BCUT2D eigenvalue weighted by Crippen LogP contribution is 2.43. The molecule has 4 aromatic rings. The smallest absolute Gasteiger partial charge is 0.273 e. The van der Waals surface area contributed by atoms with Crippen LogP contribution in [0.25, 0.3) is 11.3 Å². The quantitative estimate of drug-likeness (QED) is 0.460. The number of nitrogens with zero attached hydrogens (tertiary/aromatic N) is 2. The summed E-state index contributed by atoms with van der Waals surface area (Å²) in [7, 11) is 0. The minimum Gasteiger partial charge on any atom is -0.322 e. The molecule has 0 fully saturated rings. The Morgan fingerprint density at radius 3 is 2.40 bits per heavy atom. The number of aromatic nitrogens is 2. The highest BCUT2D eigenvalue weighted by atomic mass is 35.5. The molecule has 4 nitrogen and oxygen atoms in total. The number of hydrogen-bond acceptors (Lipinski definition) is 2. The van der Waals surface area contributed by atoms with Gasteiger partial charge in [0, 0.05) is 22.7 Å². The highest BCUT2D eigenvalue weighted by molar-refractivity contribution is 6.31. The van der Waals surface area contributed by atoms with E-state index in [1.165, 1.54) is 5.56 Å². The predicted molar refractivity (Wildman–Crippen MR) is 118 cm³/mol. The number of carbonyl (C=O) groups is 1. The van der Waals surface area contributed by atoms with Gasteiger partial charge in [-0.25, -0.2) is 0 Å². The van der Waals surface area contributed by atoms with Crippen molar-refractivity contribution < 1.29 is 4.79 Å². The molecule has 0 saturated heterocycles.